The van der Waals surface area contributed by atoms with Crippen molar-refractivity contribution in [3.05, 3.63) is 60.0 Å². The predicted molar refractivity (Wildman–Crippen MR) is 97.1 cm³/mol. The molecule has 0 saturated heterocycles. The molecule has 0 radical (unpaired) electrons. The number of aromatic nitrogens is 5. The van der Waals surface area contributed by atoms with Crippen LogP contribution < -0.4 is 11.5 Å². The summed E-state index contributed by atoms with van der Waals surface area (Å²) in [5.74, 6) is -0.354. The Bertz CT molecular complexity index is 1150. The summed E-state index contributed by atoms with van der Waals surface area (Å²) < 4.78 is 1.83. The van der Waals surface area contributed by atoms with Crippen molar-refractivity contribution < 1.29 is 4.79 Å². The van der Waals surface area contributed by atoms with Gasteiger partial charge in [-0.25, -0.2) is 15.0 Å². The van der Waals surface area contributed by atoms with Crippen LogP contribution in [-0.4, -0.2) is 30.2 Å². The van der Waals surface area contributed by atoms with Crippen LogP contribution in [-0.2, 0) is 0 Å². The Morgan fingerprint density at radius 2 is 1.92 bits per heavy atom. The number of hydrogen-bond donors (Lipinski definition) is 2. The van der Waals surface area contributed by atoms with Crippen molar-refractivity contribution in [3.8, 4) is 22.8 Å². The first-order chi connectivity index (χ1) is 12.5. The molecule has 8 nitrogen and oxygen atoms in total. The number of anilines is 1. The quantitative estimate of drug-likeness (QED) is 0.583. The van der Waals surface area contributed by atoms with E-state index < -0.39 is 5.91 Å². The van der Waals surface area contributed by atoms with Gasteiger partial charge in [-0.3, -0.25) is 14.2 Å². The molecule has 0 aliphatic carbocycles. The lowest BCUT2D eigenvalue weighted by Crippen LogP contribution is -2.11. The van der Waals surface area contributed by atoms with Crippen LogP contribution in [0, 0.1) is 6.92 Å². The third kappa shape index (κ3) is 2.63. The summed E-state index contributed by atoms with van der Waals surface area (Å²) in [4.78, 5) is 29.0. The number of nitrogens with zero attached hydrogens (tertiary/aromatic N) is 5. The molecule has 0 unspecified atom stereocenters. The number of pyridine rings is 2. The second kappa shape index (κ2) is 5.92. The molecule has 0 spiro atoms. The van der Waals surface area contributed by atoms with Crippen LogP contribution in [0.15, 0.2) is 48.8 Å². The van der Waals surface area contributed by atoms with Crippen molar-refractivity contribution in [3.63, 3.8) is 0 Å². The van der Waals surface area contributed by atoms with Gasteiger partial charge in [0.25, 0.3) is 0 Å². The Balaban J connectivity index is 2.05. The summed E-state index contributed by atoms with van der Waals surface area (Å²) in [5, 5.41) is 0. The molecule has 26 heavy (non-hydrogen) atoms. The van der Waals surface area contributed by atoms with E-state index in [2.05, 4.69) is 19.9 Å². The Morgan fingerprint density at radius 1 is 1.08 bits per heavy atom. The maximum atomic E-state index is 11.5. The monoisotopic (exact) mass is 345 g/mol. The maximum absolute atomic E-state index is 11.5. The zero-order valence-electron chi connectivity index (χ0n) is 13.9. The van der Waals surface area contributed by atoms with Crippen molar-refractivity contribution in [1.29, 1.82) is 0 Å². The van der Waals surface area contributed by atoms with Crippen LogP contribution in [0.4, 0.5) is 5.95 Å². The van der Waals surface area contributed by atoms with E-state index in [1.165, 1.54) is 0 Å². The number of nitrogen functional groups attached to an aromatic ring is 1. The molecule has 4 heterocycles. The number of carbonyl (C=O) groups excluding carboxylic acids is 1. The lowest BCUT2D eigenvalue weighted by atomic mass is 10.1. The van der Waals surface area contributed by atoms with Gasteiger partial charge in [-0.05, 0) is 37.3 Å². The molecule has 0 saturated carbocycles. The topological polar surface area (TPSA) is 125 Å². The zero-order chi connectivity index (χ0) is 18.3. The third-order valence-electron chi connectivity index (χ3n) is 3.96. The number of carbonyl (C=O) groups is 1. The number of nitrogens with two attached hydrogens (primary N) is 2. The average Bonchev–Trinajstić information content (AvgIpc) is 3.00. The number of aryl methyl sites for hydroxylation is 1. The smallest absolute Gasteiger partial charge is 0.248 e. The van der Waals surface area contributed by atoms with E-state index in [-0.39, 0.29) is 5.95 Å². The fourth-order valence-electron chi connectivity index (χ4n) is 2.80. The molecule has 1 amide bonds. The molecule has 4 aromatic heterocycles. The van der Waals surface area contributed by atoms with Crippen molar-refractivity contribution in [2.24, 2.45) is 5.73 Å². The van der Waals surface area contributed by atoms with Crippen molar-refractivity contribution in [2.45, 2.75) is 6.92 Å². The Hall–Kier alpha value is -3.81. The molecule has 8 heteroatoms. The van der Waals surface area contributed by atoms with E-state index in [0.717, 1.165) is 5.69 Å². The molecule has 0 fully saturated rings. The molecular weight excluding hydrogens is 330 g/mol. The summed E-state index contributed by atoms with van der Waals surface area (Å²) in [6, 6.07) is 10.7. The maximum Gasteiger partial charge on any atom is 0.248 e. The summed E-state index contributed by atoms with van der Waals surface area (Å²) in [5.41, 5.74) is 15.6. The summed E-state index contributed by atoms with van der Waals surface area (Å²) in [6.07, 6.45) is 3.32. The van der Waals surface area contributed by atoms with Crippen molar-refractivity contribution in [1.82, 2.24) is 24.3 Å². The van der Waals surface area contributed by atoms with Gasteiger partial charge in [0.1, 0.15) is 17.0 Å². The van der Waals surface area contributed by atoms with E-state index in [9.17, 15) is 4.79 Å². The van der Waals surface area contributed by atoms with Crippen molar-refractivity contribution in [2.75, 3.05) is 5.73 Å². The first-order valence-corrected chi connectivity index (χ1v) is 7.88. The highest BCUT2D eigenvalue weighted by Crippen LogP contribution is 2.31. The molecular formula is C18H15N7O. The molecule has 4 aromatic rings. The average molecular weight is 345 g/mol. The van der Waals surface area contributed by atoms with E-state index in [4.69, 9.17) is 11.5 Å². The fourth-order valence-corrected chi connectivity index (χ4v) is 2.80. The third-order valence-corrected chi connectivity index (χ3v) is 3.96. The number of primary amides is 1. The summed E-state index contributed by atoms with van der Waals surface area (Å²) in [6.45, 7) is 1.91. The lowest BCUT2D eigenvalue weighted by molar-refractivity contribution is 0.100. The minimum atomic E-state index is -0.515. The van der Waals surface area contributed by atoms with E-state index in [0.29, 0.717) is 34.0 Å². The minimum Gasteiger partial charge on any atom is -0.368 e. The molecule has 0 aliphatic rings. The van der Waals surface area contributed by atoms with Gasteiger partial charge in [-0.1, -0.05) is 6.07 Å². The fraction of sp³-hybridized carbons (Fsp3) is 0.0556. The number of hydrogen-bond acceptors (Lipinski definition) is 6. The van der Waals surface area contributed by atoms with Crippen LogP contribution in [0.5, 0.6) is 0 Å². The second-order valence-electron chi connectivity index (χ2n) is 5.78. The second-order valence-corrected chi connectivity index (χ2v) is 5.78. The van der Waals surface area contributed by atoms with Crippen LogP contribution >= 0.6 is 0 Å². The minimum absolute atomic E-state index is 0.161. The normalized spacial score (nSPS) is 11.0. The molecule has 4 rings (SSSR count). The number of imidazole rings is 1. The summed E-state index contributed by atoms with van der Waals surface area (Å²) >= 11 is 0. The van der Waals surface area contributed by atoms with Crippen LogP contribution in [0.2, 0.25) is 0 Å². The number of amides is 1. The van der Waals surface area contributed by atoms with Gasteiger partial charge >= 0.3 is 0 Å². The first kappa shape index (κ1) is 15.7. The van der Waals surface area contributed by atoms with Gasteiger partial charge in [0.2, 0.25) is 11.9 Å². The van der Waals surface area contributed by atoms with Gasteiger partial charge in [-0.15, -0.1) is 0 Å². The molecule has 0 bridgehead atoms. The van der Waals surface area contributed by atoms with E-state index >= 15 is 0 Å². The molecule has 4 N–H and O–H groups in total. The summed E-state index contributed by atoms with van der Waals surface area (Å²) in [7, 11) is 0. The SMILES string of the molecule is Cc1cccc(-c2nc3cc(C(N)=O)ccn3c2-c2ccnc(N)n2)n1. The Labute approximate surface area is 148 Å². The highest BCUT2D eigenvalue weighted by Gasteiger charge is 2.19. The zero-order valence-corrected chi connectivity index (χ0v) is 13.9. The van der Waals surface area contributed by atoms with Gasteiger partial charge in [0.05, 0.1) is 11.4 Å². The van der Waals surface area contributed by atoms with E-state index in [1.807, 2.05) is 29.5 Å². The van der Waals surface area contributed by atoms with Crippen LogP contribution in [0.1, 0.15) is 16.1 Å². The standard InChI is InChI=1S/C18H15N7O/c1-10-3-2-4-12(22-10)15-16(13-5-7-21-18(20)23-13)25-8-6-11(17(19)26)9-14(25)24-15/h2-9H,1H3,(H2,19,26)(H2,20,21,23). The van der Waals surface area contributed by atoms with Gasteiger partial charge in [0, 0.05) is 23.7 Å². The Kier molecular flexibility index (Phi) is 3.58. The molecule has 128 valence electrons. The highest BCUT2D eigenvalue weighted by atomic mass is 16.1. The Morgan fingerprint density at radius 3 is 2.65 bits per heavy atom. The molecule has 0 aliphatic heterocycles. The lowest BCUT2D eigenvalue weighted by Gasteiger charge is -2.06. The van der Waals surface area contributed by atoms with Gasteiger partial charge < -0.3 is 11.5 Å². The number of rotatable bonds is 3. The largest absolute Gasteiger partial charge is 0.368 e. The molecule has 0 atom stereocenters. The highest BCUT2D eigenvalue weighted by molar-refractivity contribution is 5.94. The van der Waals surface area contributed by atoms with Crippen molar-refractivity contribution >= 4 is 17.5 Å². The first-order valence-electron chi connectivity index (χ1n) is 7.88. The van der Waals surface area contributed by atoms with E-state index in [1.54, 1.807) is 30.6 Å². The van der Waals surface area contributed by atoms with Gasteiger partial charge in [-0.2, -0.15) is 0 Å². The van der Waals surface area contributed by atoms with Gasteiger partial charge in [0.15, 0.2) is 0 Å². The van der Waals surface area contributed by atoms with Crippen LogP contribution in [0.3, 0.4) is 0 Å². The predicted octanol–water partition coefficient (Wildman–Crippen LogP) is 1.84. The molecule has 0 aromatic carbocycles. The van der Waals surface area contributed by atoms with Crippen LogP contribution in [0.25, 0.3) is 28.4 Å². The number of fused-ring (bicyclic) bond motifs is 1.